The van der Waals surface area contributed by atoms with E-state index in [1.165, 1.54) is 20.8 Å². The highest BCUT2D eigenvalue weighted by Crippen LogP contribution is 2.32. The van der Waals surface area contributed by atoms with E-state index in [4.69, 9.17) is 8.92 Å². The molecule has 1 unspecified atom stereocenters. The molecule has 0 aliphatic heterocycles. The van der Waals surface area contributed by atoms with Crippen molar-refractivity contribution >= 4 is 28.0 Å². The molecule has 11 heteroatoms. The third-order valence-corrected chi connectivity index (χ3v) is 6.36. The van der Waals surface area contributed by atoms with Crippen molar-refractivity contribution < 1.29 is 41.9 Å². The molecular formula is C22H33NO9S. The molecule has 0 fully saturated rings. The summed E-state index contributed by atoms with van der Waals surface area (Å²) in [6.07, 6.45) is -2.64. The highest BCUT2D eigenvalue weighted by Gasteiger charge is 2.43. The second-order valence-corrected chi connectivity index (χ2v) is 9.99. The van der Waals surface area contributed by atoms with Gasteiger partial charge in [0.25, 0.3) is 10.1 Å². The minimum atomic E-state index is -4.08. The lowest BCUT2D eigenvalue weighted by molar-refractivity contribution is -0.158. The molecule has 1 rings (SSSR count). The van der Waals surface area contributed by atoms with Crippen molar-refractivity contribution in [3.05, 3.63) is 35.9 Å². The van der Waals surface area contributed by atoms with Crippen LogP contribution in [0.2, 0.25) is 0 Å². The van der Waals surface area contributed by atoms with Crippen LogP contribution in [-0.4, -0.2) is 67.6 Å². The van der Waals surface area contributed by atoms with Gasteiger partial charge in [-0.1, -0.05) is 44.2 Å². The van der Waals surface area contributed by atoms with Crippen molar-refractivity contribution in [3.63, 3.8) is 0 Å². The first-order valence-electron chi connectivity index (χ1n) is 10.6. The van der Waals surface area contributed by atoms with Gasteiger partial charge in [-0.3, -0.25) is 13.8 Å². The Morgan fingerprint density at radius 1 is 1.12 bits per heavy atom. The molecule has 1 amide bonds. The quantitative estimate of drug-likeness (QED) is 0.188. The van der Waals surface area contributed by atoms with Crippen molar-refractivity contribution in [2.75, 3.05) is 18.9 Å². The van der Waals surface area contributed by atoms with Crippen LogP contribution in [0.5, 0.6) is 0 Å². The summed E-state index contributed by atoms with van der Waals surface area (Å²) in [6.45, 7) is 4.22. The van der Waals surface area contributed by atoms with E-state index in [2.05, 4.69) is 5.32 Å². The van der Waals surface area contributed by atoms with Crippen LogP contribution in [0.3, 0.4) is 0 Å². The number of nitrogens with one attached hydrogen (secondary N) is 1. The van der Waals surface area contributed by atoms with E-state index in [0.717, 1.165) is 5.56 Å². The van der Waals surface area contributed by atoms with Crippen LogP contribution < -0.4 is 5.32 Å². The van der Waals surface area contributed by atoms with E-state index in [-0.39, 0.29) is 44.7 Å². The number of benzene rings is 1. The van der Waals surface area contributed by atoms with Crippen molar-refractivity contribution in [1.82, 2.24) is 5.32 Å². The lowest BCUT2D eigenvalue weighted by atomic mass is 9.79. The SMILES string of the molecule is CC(=O)NCCCS(=O)(=O)OC(CCCOC(=O)Cc1ccccc1)C(C)(C)[C@@H](O)C(=O)O. The average Bonchev–Trinajstić information content (AvgIpc) is 2.73. The Morgan fingerprint density at radius 3 is 2.33 bits per heavy atom. The van der Waals surface area contributed by atoms with Gasteiger partial charge in [-0.2, -0.15) is 8.42 Å². The first kappa shape index (κ1) is 28.5. The zero-order valence-electron chi connectivity index (χ0n) is 19.2. The third-order valence-electron chi connectivity index (χ3n) is 5.04. The number of carboxylic acids is 1. The number of carbonyl (C=O) groups excluding carboxylic acids is 2. The van der Waals surface area contributed by atoms with Crippen molar-refractivity contribution in [2.45, 2.75) is 58.7 Å². The van der Waals surface area contributed by atoms with Gasteiger partial charge >= 0.3 is 11.9 Å². The molecule has 1 aromatic rings. The van der Waals surface area contributed by atoms with E-state index in [9.17, 15) is 33.0 Å². The number of ether oxygens (including phenoxy) is 1. The number of aliphatic hydroxyl groups excluding tert-OH is 1. The molecule has 3 N–H and O–H groups in total. The van der Waals surface area contributed by atoms with E-state index < -0.39 is 45.4 Å². The van der Waals surface area contributed by atoms with Crippen LogP contribution in [0.15, 0.2) is 30.3 Å². The number of hydrogen-bond acceptors (Lipinski definition) is 8. The highest BCUT2D eigenvalue weighted by atomic mass is 32.2. The Morgan fingerprint density at radius 2 is 1.76 bits per heavy atom. The molecule has 0 aliphatic rings. The zero-order chi connectivity index (χ0) is 25.1. The maximum Gasteiger partial charge on any atom is 0.333 e. The van der Waals surface area contributed by atoms with Crippen LogP contribution in [0.25, 0.3) is 0 Å². The van der Waals surface area contributed by atoms with Crippen LogP contribution >= 0.6 is 0 Å². The van der Waals surface area contributed by atoms with E-state index in [0.29, 0.717) is 0 Å². The number of carbonyl (C=O) groups is 3. The fourth-order valence-electron chi connectivity index (χ4n) is 3.05. The summed E-state index contributed by atoms with van der Waals surface area (Å²) >= 11 is 0. The summed E-state index contributed by atoms with van der Waals surface area (Å²) in [7, 11) is -4.08. The summed E-state index contributed by atoms with van der Waals surface area (Å²) in [5.74, 6) is -2.64. The van der Waals surface area contributed by atoms with E-state index >= 15 is 0 Å². The maximum absolute atomic E-state index is 12.4. The monoisotopic (exact) mass is 487 g/mol. The number of amides is 1. The van der Waals surface area contributed by atoms with Crippen LogP contribution in [0, 0.1) is 5.41 Å². The van der Waals surface area contributed by atoms with Crippen LogP contribution in [0.1, 0.15) is 45.6 Å². The minimum absolute atomic E-state index is 0.0205. The molecule has 0 saturated heterocycles. The molecule has 0 saturated carbocycles. The first-order chi connectivity index (χ1) is 15.3. The molecule has 33 heavy (non-hydrogen) atoms. The topological polar surface area (TPSA) is 156 Å². The Kier molecular flexibility index (Phi) is 11.5. The highest BCUT2D eigenvalue weighted by molar-refractivity contribution is 7.86. The van der Waals surface area contributed by atoms with Gasteiger partial charge in [0.1, 0.15) is 0 Å². The number of carboxylic acid groups (broad SMARTS) is 1. The van der Waals surface area contributed by atoms with Crippen molar-refractivity contribution in [1.29, 1.82) is 0 Å². The number of hydrogen-bond donors (Lipinski definition) is 3. The molecule has 186 valence electrons. The molecule has 10 nitrogen and oxygen atoms in total. The van der Waals surface area contributed by atoms with Crippen LogP contribution in [0.4, 0.5) is 0 Å². The molecule has 2 atom stereocenters. The van der Waals surface area contributed by atoms with Gasteiger partial charge in [0, 0.05) is 18.9 Å². The summed E-state index contributed by atoms with van der Waals surface area (Å²) in [5.41, 5.74) is -0.662. The van der Waals surface area contributed by atoms with E-state index in [1.54, 1.807) is 24.3 Å². The Bertz CT molecular complexity index is 884. The minimum Gasteiger partial charge on any atom is -0.479 e. The fraction of sp³-hybridized carbons (Fsp3) is 0.591. The third kappa shape index (κ3) is 10.8. The molecule has 0 aliphatic carbocycles. The normalized spacial score (nSPS) is 13.7. The number of rotatable bonds is 15. The molecule has 0 radical (unpaired) electrons. The van der Waals surface area contributed by atoms with Crippen molar-refractivity contribution in [3.8, 4) is 0 Å². The smallest absolute Gasteiger partial charge is 0.333 e. The van der Waals surface area contributed by atoms with Gasteiger partial charge in [0.2, 0.25) is 5.91 Å². The Labute approximate surface area is 194 Å². The second-order valence-electron chi connectivity index (χ2n) is 8.27. The lowest BCUT2D eigenvalue weighted by Crippen LogP contribution is -2.47. The molecule has 0 spiro atoms. The summed E-state index contributed by atoms with van der Waals surface area (Å²) in [6, 6.07) is 9.01. The second kappa shape index (κ2) is 13.3. The van der Waals surface area contributed by atoms with Gasteiger partial charge in [-0.15, -0.1) is 0 Å². The first-order valence-corrected chi connectivity index (χ1v) is 12.2. The van der Waals surface area contributed by atoms with Gasteiger partial charge in [-0.05, 0) is 24.8 Å². The fourth-order valence-corrected chi connectivity index (χ4v) is 4.34. The lowest BCUT2D eigenvalue weighted by Gasteiger charge is -2.35. The predicted octanol–water partition coefficient (Wildman–Crippen LogP) is 1.27. The maximum atomic E-state index is 12.4. The van der Waals surface area contributed by atoms with Crippen molar-refractivity contribution in [2.24, 2.45) is 5.41 Å². The number of esters is 1. The van der Waals surface area contributed by atoms with Gasteiger partial charge < -0.3 is 20.3 Å². The molecule has 0 bridgehead atoms. The molecule has 0 heterocycles. The summed E-state index contributed by atoms with van der Waals surface area (Å²) < 4.78 is 35.3. The van der Waals surface area contributed by atoms with E-state index in [1.807, 2.05) is 6.07 Å². The largest absolute Gasteiger partial charge is 0.479 e. The average molecular weight is 488 g/mol. The summed E-state index contributed by atoms with van der Waals surface area (Å²) in [4.78, 5) is 34.2. The standard InChI is InChI=1S/C22H33NO9S/c1-16(24)23-12-8-14-33(29,30)32-18(22(2,3)20(26)21(27)28)11-7-13-31-19(25)15-17-9-5-4-6-10-17/h4-6,9-10,18,20,26H,7-8,11-15H2,1-3H3,(H,23,24)(H,27,28)/t18?,20-/m0/s1. The van der Waals surface area contributed by atoms with Gasteiger partial charge in [0.15, 0.2) is 6.10 Å². The summed E-state index contributed by atoms with van der Waals surface area (Å²) in [5, 5.41) is 21.8. The number of aliphatic carboxylic acids is 1. The van der Waals surface area contributed by atoms with Gasteiger partial charge in [-0.25, -0.2) is 4.79 Å². The van der Waals surface area contributed by atoms with Crippen LogP contribution in [-0.2, 0) is 39.8 Å². The molecule has 0 aromatic heterocycles. The zero-order valence-corrected chi connectivity index (χ0v) is 20.0. The number of aliphatic hydroxyl groups is 1. The predicted molar refractivity (Wildman–Crippen MR) is 120 cm³/mol. The molecular weight excluding hydrogens is 454 g/mol. The molecule has 1 aromatic carbocycles. The van der Waals surface area contributed by atoms with Gasteiger partial charge in [0.05, 0.1) is 24.9 Å². The Balaban J connectivity index is 2.71. The Hall–Kier alpha value is -2.50.